The second kappa shape index (κ2) is 11.8. The van der Waals surface area contributed by atoms with Crippen LogP contribution in [0, 0.1) is 0 Å². The Morgan fingerprint density at radius 2 is 0.586 bits per heavy atom. The van der Waals surface area contributed by atoms with Crippen molar-refractivity contribution in [1.29, 1.82) is 0 Å². The van der Waals surface area contributed by atoms with E-state index in [1.165, 1.54) is 11.1 Å². The molecule has 0 unspecified atom stereocenters. The fourth-order valence-corrected chi connectivity index (χ4v) is 9.43. The molecule has 0 spiro atoms. The minimum Gasteiger partial charge on any atom is -0.452 e. The molecule has 13 aromatic rings. The largest absolute Gasteiger partial charge is 0.452 e. The standard InChI is InChI=1S/C54H32N2O2/c1-5-13-33(14-6-1)37-21-25-43-41(29-37)49-51-54(58-47-31-39(23-27-45(47)55(43)51)35-17-9-3-10-18-35)50-42-30-38(34-15-7-2-8-16-34)22-26-44(42)56-46-28-24-40(36-19-11-4-12-20-36)32-48(46)57-53(49)52(50)56/h1-32H. The van der Waals surface area contributed by atoms with Gasteiger partial charge in [0.25, 0.3) is 0 Å². The molecular weight excluding hydrogens is 709 g/mol. The van der Waals surface area contributed by atoms with Crippen LogP contribution in [0.5, 0.6) is 0 Å². The van der Waals surface area contributed by atoms with E-state index in [1.807, 2.05) is 0 Å². The SMILES string of the molecule is c1ccc(-c2ccc3c(c2)oc2c4c5cc(-c6ccccc6)ccc5n5c6ccc(-c7ccccc7)cc6oc(c6c7cc(-c8ccccc8)ccc7n3c26)c45)cc1. The molecule has 0 aliphatic carbocycles. The highest BCUT2D eigenvalue weighted by Gasteiger charge is 2.28. The van der Waals surface area contributed by atoms with Crippen LogP contribution < -0.4 is 0 Å². The Morgan fingerprint density at radius 1 is 0.276 bits per heavy atom. The summed E-state index contributed by atoms with van der Waals surface area (Å²) in [6.07, 6.45) is 0. The second-order valence-electron chi connectivity index (χ2n) is 15.3. The zero-order valence-corrected chi connectivity index (χ0v) is 31.2. The molecule has 0 radical (unpaired) electrons. The first kappa shape index (κ1) is 31.4. The van der Waals surface area contributed by atoms with Gasteiger partial charge >= 0.3 is 0 Å². The number of aromatic nitrogens is 2. The molecule has 0 saturated carbocycles. The van der Waals surface area contributed by atoms with Crippen LogP contribution in [0.25, 0.3) is 121 Å². The minimum absolute atomic E-state index is 0.819. The van der Waals surface area contributed by atoms with Crippen LogP contribution >= 0.6 is 0 Å². The fraction of sp³-hybridized carbons (Fsp3) is 0. The third kappa shape index (κ3) is 4.40. The summed E-state index contributed by atoms with van der Waals surface area (Å²) in [5.41, 5.74) is 18.7. The summed E-state index contributed by atoms with van der Waals surface area (Å²) in [6, 6.07) is 69.2. The average molecular weight is 741 g/mol. The molecule has 58 heavy (non-hydrogen) atoms. The van der Waals surface area contributed by atoms with Crippen LogP contribution in [0.2, 0.25) is 0 Å². The molecule has 4 nitrogen and oxygen atoms in total. The van der Waals surface area contributed by atoms with E-state index in [2.05, 4.69) is 203 Å². The zero-order chi connectivity index (χ0) is 37.9. The van der Waals surface area contributed by atoms with Crippen molar-refractivity contribution in [2.45, 2.75) is 0 Å². The Hall–Kier alpha value is -7.82. The van der Waals surface area contributed by atoms with Crippen LogP contribution in [-0.2, 0) is 0 Å². The molecular formula is C54H32N2O2. The normalized spacial score (nSPS) is 12.1. The molecule has 0 atom stereocenters. The van der Waals surface area contributed by atoms with Gasteiger partial charge in [0.1, 0.15) is 11.0 Å². The third-order valence-electron chi connectivity index (χ3n) is 12.1. The van der Waals surface area contributed by atoms with E-state index in [0.717, 1.165) is 110 Å². The highest BCUT2D eigenvalue weighted by atomic mass is 16.3. The number of fused-ring (bicyclic) bond motifs is 12. The molecule has 0 amide bonds. The van der Waals surface area contributed by atoms with E-state index >= 15 is 0 Å². The van der Waals surface area contributed by atoms with Crippen molar-refractivity contribution in [3.8, 4) is 44.5 Å². The molecule has 0 bridgehead atoms. The maximum absolute atomic E-state index is 7.34. The van der Waals surface area contributed by atoms with Crippen molar-refractivity contribution in [3.05, 3.63) is 194 Å². The summed E-state index contributed by atoms with van der Waals surface area (Å²) in [7, 11) is 0. The second-order valence-corrected chi connectivity index (χ2v) is 15.3. The van der Waals surface area contributed by atoms with Crippen molar-refractivity contribution in [3.63, 3.8) is 0 Å². The van der Waals surface area contributed by atoms with Gasteiger partial charge < -0.3 is 17.6 Å². The summed E-state index contributed by atoms with van der Waals surface area (Å²) in [6.45, 7) is 0. The van der Waals surface area contributed by atoms with Crippen LogP contribution in [0.4, 0.5) is 0 Å². The van der Waals surface area contributed by atoms with Crippen LogP contribution in [0.15, 0.2) is 203 Å². The van der Waals surface area contributed by atoms with Crippen molar-refractivity contribution in [1.82, 2.24) is 8.80 Å². The molecule has 0 saturated heterocycles. The van der Waals surface area contributed by atoms with E-state index in [0.29, 0.717) is 0 Å². The van der Waals surface area contributed by atoms with E-state index < -0.39 is 0 Å². The Morgan fingerprint density at radius 3 is 0.931 bits per heavy atom. The highest BCUT2D eigenvalue weighted by Crippen LogP contribution is 2.49. The quantitative estimate of drug-likeness (QED) is 0.168. The monoisotopic (exact) mass is 740 g/mol. The summed E-state index contributed by atoms with van der Waals surface area (Å²) in [5, 5.41) is 4.30. The maximum atomic E-state index is 7.34. The van der Waals surface area contributed by atoms with Crippen molar-refractivity contribution < 1.29 is 8.83 Å². The van der Waals surface area contributed by atoms with Crippen molar-refractivity contribution in [2.75, 3.05) is 0 Å². The Balaban J connectivity index is 1.27. The van der Waals surface area contributed by atoms with Gasteiger partial charge in [-0.15, -0.1) is 0 Å². The smallest absolute Gasteiger partial charge is 0.162 e. The van der Waals surface area contributed by atoms with E-state index in [4.69, 9.17) is 8.83 Å². The first-order valence-corrected chi connectivity index (χ1v) is 19.8. The molecule has 9 aromatic carbocycles. The first-order valence-electron chi connectivity index (χ1n) is 19.8. The highest BCUT2D eigenvalue weighted by molar-refractivity contribution is 6.35. The van der Waals surface area contributed by atoms with Crippen LogP contribution in [-0.4, -0.2) is 8.80 Å². The molecule has 4 aromatic heterocycles. The van der Waals surface area contributed by atoms with Gasteiger partial charge in [0.2, 0.25) is 0 Å². The summed E-state index contributed by atoms with van der Waals surface area (Å²) in [5.74, 6) is 0. The predicted molar refractivity (Wildman–Crippen MR) is 240 cm³/mol. The molecule has 0 aliphatic heterocycles. The number of benzene rings is 9. The lowest BCUT2D eigenvalue weighted by Crippen LogP contribution is -1.94. The lowest BCUT2D eigenvalue weighted by Gasteiger charge is -2.12. The first-order chi connectivity index (χ1) is 28.8. The Bertz CT molecular complexity index is 3510. The fourth-order valence-electron chi connectivity index (χ4n) is 9.43. The topological polar surface area (TPSA) is 35.1 Å². The van der Waals surface area contributed by atoms with Gasteiger partial charge in [0.05, 0.1) is 32.8 Å². The molecule has 0 fully saturated rings. The molecule has 0 aliphatic rings. The Labute approximate surface area is 332 Å². The van der Waals surface area contributed by atoms with Crippen LogP contribution in [0.3, 0.4) is 0 Å². The van der Waals surface area contributed by atoms with Gasteiger partial charge in [-0.3, -0.25) is 0 Å². The molecule has 4 heteroatoms. The summed E-state index contributed by atoms with van der Waals surface area (Å²) < 4.78 is 19.5. The van der Waals surface area contributed by atoms with E-state index in [1.54, 1.807) is 0 Å². The van der Waals surface area contributed by atoms with Gasteiger partial charge in [-0.25, -0.2) is 0 Å². The minimum atomic E-state index is 0.819. The lowest BCUT2D eigenvalue weighted by molar-refractivity contribution is 0.653. The number of hydrogen-bond acceptors (Lipinski definition) is 2. The third-order valence-corrected chi connectivity index (χ3v) is 12.1. The predicted octanol–water partition coefficient (Wildman–Crippen LogP) is 15.0. The number of nitrogens with zero attached hydrogens (tertiary/aromatic N) is 2. The van der Waals surface area contributed by atoms with Gasteiger partial charge in [-0.1, -0.05) is 146 Å². The van der Waals surface area contributed by atoms with Crippen molar-refractivity contribution in [2.24, 2.45) is 0 Å². The molecule has 13 rings (SSSR count). The number of hydrogen-bond donors (Lipinski definition) is 0. The zero-order valence-electron chi connectivity index (χ0n) is 31.2. The van der Waals surface area contributed by atoms with Gasteiger partial charge in [0.15, 0.2) is 22.3 Å². The molecule has 4 heterocycles. The Kier molecular flexibility index (Phi) is 6.41. The van der Waals surface area contributed by atoms with Crippen molar-refractivity contribution >= 4 is 77.0 Å². The van der Waals surface area contributed by atoms with Crippen LogP contribution in [0.1, 0.15) is 0 Å². The number of rotatable bonds is 4. The maximum Gasteiger partial charge on any atom is 0.162 e. The van der Waals surface area contributed by atoms with E-state index in [9.17, 15) is 0 Å². The average Bonchev–Trinajstić information content (AvgIpc) is 3.83. The van der Waals surface area contributed by atoms with Gasteiger partial charge in [0, 0.05) is 10.8 Å². The summed E-state index contributed by atoms with van der Waals surface area (Å²) >= 11 is 0. The molecule has 270 valence electrons. The summed E-state index contributed by atoms with van der Waals surface area (Å²) in [4.78, 5) is 0. The van der Waals surface area contributed by atoms with Gasteiger partial charge in [-0.2, -0.15) is 0 Å². The molecule has 0 N–H and O–H groups in total. The van der Waals surface area contributed by atoms with E-state index in [-0.39, 0.29) is 0 Å². The lowest BCUT2D eigenvalue weighted by atomic mass is 10.0. The van der Waals surface area contributed by atoms with Gasteiger partial charge in [-0.05, 0) is 93.0 Å².